The number of methoxy groups -OCH3 is 1. The van der Waals surface area contributed by atoms with E-state index in [1.807, 2.05) is 0 Å². The summed E-state index contributed by atoms with van der Waals surface area (Å²) in [7, 11) is -2.77. The Kier molecular flexibility index (Phi) is 7.85. The Balaban J connectivity index is 1.94. The topological polar surface area (TPSA) is 102 Å². The molecule has 8 nitrogen and oxygen atoms in total. The van der Waals surface area contributed by atoms with Crippen molar-refractivity contribution in [3.05, 3.63) is 84.2 Å². The van der Waals surface area contributed by atoms with E-state index >= 15 is 0 Å². The monoisotopic (exact) mass is 486 g/mol. The highest BCUT2D eigenvalue weighted by molar-refractivity contribution is 7.92. The number of hydrogen-bond acceptors (Lipinski definition) is 6. The summed E-state index contributed by atoms with van der Waals surface area (Å²) >= 11 is 0. The van der Waals surface area contributed by atoms with E-state index < -0.39 is 34.3 Å². The molecule has 0 atom stereocenters. The Labute approximate surface area is 197 Å². The van der Waals surface area contributed by atoms with E-state index in [4.69, 9.17) is 9.47 Å². The Hall–Kier alpha value is -3.92. The summed E-state index contributed by atoms with van der Waals surface area (Å²) < 4.78 is 51.1. The Morgan fingerprint density at radius 3 is 2.24 bits per heavy atom. The van der Waals surface area contributed by atoms with Crippen LogP contribution in [0.1, 0.15) is 17.3 Å². The molecule has 0 unspecified atom stereocenters. The van der Waals surface area contributed by atoms with Crippen molar-refractivity contribution >= 4 is 33.3 Å². The summed E-state index contributed by atoms with van der Waals surface area (Å²) in [6.07, 6.45) is 0. The third-order valence-electron chi connectivity index (χ3n) is 4.75. The molecule has 3 aromatic rings. The van der Waals surface area contributed by atoms with Crippen molar-refractivity contribution in [2.24, 2.45) is 0 Å². The number of carbonyl (C=O) groups excluding carboxylic acids is 2. The number of esters is 1. The highest BCUT2D eigenvalue weighted by Crippen LogP contribution is 2.26. The fraction of sp³-hybridized carbons (Fsp3) is 0.167. The Bertz CT molecular complexity index is 1260. The number of halogens is 1. The first-order valence-corrected chi connectivity index (χ1v) is 11.7. The van der Waals surface area contributed by atoms with Gasteiger partial charge in [0.05, 0.1) is 35.6 Å². The molecule has 0 aromatic heterocycles. The molecule has 3 aromatic carbocycles. The second-order valence-electron chi connectivity index (χ2n) is 6.98. The maximum Gasteiger partial charge on any atom is 0.340 e. The van der Waals surface area contributed by atoms with Crippen molar-refractivity contribution in [1.29, 1.82) is 0 Å². The van der Waals surface area contributed by atoms with E-state index in [2.05, 4.69) is 5.32 Å². The second kappa shape index (κ2) is 10.8. The van der Waals surface area contributed by atoms with Crippen molar-refractivity contribution in [2.45, 2.75) is 11.8 Å². The third kappa shape index (κ3) is 5.70. The summed E-state index contributed by atoms with van der Waals surface area (Å²) in [6, 6.07) is 16.6. The van der Waals surface area contributed by atoms with Gasteiger partial charge in [0.25, 0.3) is 10.0 Å². The fourth-order valence-corrected chi connectivity index (χ4v) is 4.52. The van der Waals surface area contributed by atoms with Gasteiger partial charge in [-0.1, -0.05) is 12.1 Å². The Morgan fingerprint density at radius 2 is 1.62 bits per heavy atom. The lowest BCUT2D eigenvalue weighted by Crippen LogP contribution is -2.38. The quantitative estimate of drug-likeness (QED) is 0.461. The van der Waals surface area contributed by atoms with Crippen LogP contribution in [0.25, 0.3) is 0 Å². The van der Waals surface area contributed by atoms with Crippen LogP contribution < -0.4 is 14.4 Å². The van der Waals surface area contributed by atoms with E-state index in [9.17, 15) is 22.4 Å². The smallest absolute Gasteiger partial charge is 0.340 e. The fourth-order valence-electron chi connectivity index (χ4n) is 3.10. The minimum absolute atomic E-state index is 0.134. The van der Waals surface area contributed by atoms with Crippen molar-refractivity contribution < 1.29 is 31.9 Å². The van der Waals surface area contributed by atoms with Gasteiger partial charge < -0.3 is 14.8 Å². The van der Waals surface area contributed by atoms with Crippen LogP contribution in [0.15, 0.2) is 77.7 Å². The molecule has 34 heavy (non-hydrogen) atoms. The van der Waals surface area contributed by atoms with Crippen LogP contribution in [-0.2, 0) is 19.6 Å². The standard InChI is InChI=1S/C24H23FN2O6S/c1-3-33-24(29)21-6-4-5-7-22(21)26-23(28)16-27(18-10-12-19(32-2)13-11-18)34(30,31)20-14-8-17(25)9-15-20/h4-15H,3,16H2,1-2H3,(H,26,28). The zero-order valence-electron chi connectivity index (χ0n) is 18.5. The molecule has 0 aliphatic heterocycles. The number of nitrogens with zero attached hydrogens (tertiary/aromatic N) is 1. The lowest BCUT2D eigenvalue weighted by molar-refractivity contribution is -0.114. The number of carbonyl (C=O) groups is 2. The highest BCUT2D eigenvalue weighted by Gasteiger charge is 2.28. The molecule has 0 bridgehead atoms. The summed E-state index contributed by atoms with van der Waals surface area (Å²) in [6.45, 7) is 1.21. The van der Waals surface area contributed by atoms with Crippen LogP contribution in [0.5, 0.6) is 5.75 Å². The van der Waals surface area contributed by atoms with Crippen molar-refractivity contribution in [2.75, 3.05) is 29.9 Å². The van der Waals surface area contributed by atoms with Crippen molar-refractivity contribution in [3.63, 3.8) is 0 Å². The molecular formula is C24H23FN2O6S. The molecule has 0 saturated carbocycles. The van der Waals surface area contributed by atoms with Gasteiger partial charge in [0.2, 0.25) is 5.91 Å². The highest BCUT2D eigenvalue weighted by atomic mass is 32.2. The van der Waals surface area contributed by atoms with Crippen molar-refractivity contribution in [1.82, 2.24) is 0 Å². The van der Waals surface area contributed by atoms with Gasteiger partial charge >= 0.3 is 5.97 Å². The SMILES string of the molecule is CCOC(=O)c1ccccc1NC(=O)CN(c1ccc(OC)cc1)S(=O)(=O)c1ccc(F)cc1. The molecule has 0 aliphatic rings. The molecule has 3 rings (SSSR count). The first kappa shape index (κ1) is 24.7. The number of anilines is 2. The number of ether oxygens (including phenoxy) is 2. The third-order valence-corrected chi connectivity index (χ3v) is 6.53. The molecule has 1 N–H and O–H groups in total. The largest absolute Gasteiger partial charge is 0.497 e. The molecule has 0 radical (unpaired) electrons. The number of nitrogens with one attached hydrogen (secondary N) is 1. The van der Waals surface area contributed by atoms with Crippen LogP contribution in [0.2, 0.25) is 0 Å². The molecule has 178 valence electrons. The van der Waals surface area contributed by atoms with Gasteiger partial charge in [-0.05, 0) is 67.6 Å². The second-order valence-corrected chi connectivity index (χ2v) is 8.84. The first-order valence-electron chi connectivity index (χ1n) is 10.2. The normalized spacial score (nSPS) is 10.9. The van der Waals surface area contributed by atoms with Crippen LogP contribution in [0, 0.1) is 5.82 Å². The summed E-state index contributed by atoms with van der Waals surface area (Å²) in [5.74, 6) is -1.42. The van der Waals surface area contributed by atoms with Gasteiger partial charge in [0, 0.05) is 0 Å². The average molecular weight is 487 g/mol. The molecule has 0 fully saturated rings. The Morgan fingerprint density at radius 1 is 0.971 bits per heavy atom. The van der Waals surface area contributed by atoms with Gasteiger partial charge in [-0.2, -0.15) is 0 Å². The number of rotatable bonds is 9. The van der Waals surface area contributed by atoms with Crippen LogP contribution >= 0.6 is 0 Å². The van der Waals surface area contributed by atoms with Crippen LogP contribution in [0.4, 0.5) is 15.8 Å². The maximum atomic E-state index is 13.4. The molecule has 0 heterocycles. The van der Waals surface area contributed by atoms with E-state index in [0.29, 0.717) is 5.75 Å². The lowest BCUT2D eigenvalue weighted by Gasteiger charge is -2.24. The van der Waals surface area contributed by atoms with Gasteiger partial charge in [-0.15, -0.1) is 0 Å². The summed E-state index contributed by atoms with van der Waals surface area (Å²) in [4.78, 5) is 24.9. The zero-order chi connectivity index (χ0) is 24.7. The lowest BCUT2D eigenvalue weighted by atomic mass is 10.2. The molecule has 10 heteroatoms. The van der Waals surface area contributed by atoms with Gasteiger partial charge in [0.1, 0.15) is 18.1 Å². The number of hydrogen-bond donors (Lipinski definition) is 1. The predicted octanol–water partition coefficient (Wildman–Crippen LogP) is 3.85. The molecule has 0 aliphatic carbocycles. The zero-order valence-corrected chi connectivity index (χ0v) is 19.3. The van der Waals surface area contributed by atoms with Crippen LogP contribution in [-0.4, -0.2) is 40.6 Å². The predicted molar refractivity (Wildman–Crippen MR) is 125 cm³/mol. The first-order chi connectivity index (χ1) is 16.3. The summed E-state index contributed by atoms with van der Waals surface area (Å²) in [5, 5.41) is 2.57. The van der Waals surface area contributed by atoms with Gasteiger partial charge in [0.15, 0.2) is 0 Å². The number of sulfonamides is 1. The average Bonchev–Trinajstić information content (AvgIpc) is 2.83. The van der Waals surface area contributed by atoms with E-state index in [1.165, 1.54) is 31.4 Å². The van der Waals surface area contributed by atoms with E-state index in [0.717, 1.165) is 28.6 Å². The van der Waals surface area contributed by atoms with Crippen LogP contribution in [0.3, 0.4) is 0 Å². The molecular weight excluding hydrogens is 463 g/mol. The molecule has 1 amide bonds. The van der Waals surface area contributed by atoms with Crippen molar-refractivity contribution in [3.8, 4) is 5.75 Å². The molecule has 0 spiro atoms. The number of benzene rings is 3. The van der Waals surface area contributed by atoms with Gasteiger partial charge in [-0.3, -0.25) is 9.10 Å². The minimum Gasteiger partial charge on any atom is -0.497 e. The number of amides is 1. The maximum absolute atomic E-state index is 13.4. The number of para-hydroxylation sites is 1. The summed E-state index contributed by atoms with van der Waals surface area (Å²) in [5.41, 5.74) is 0.508. The molecule has 0 saturated heterocycles. The minimum atomic E-state index is -4.24. The van der Waals surface area contributed by atoms with E-state index in [-0.39, 0.29) is 28.4 Å². The van der Waals surface area contributed by atoms with E-state index in [1.54, 1.807) is 31.2 Å². The van der Waals surface area contributed by atoms with Gasteiger partial charge in [-0.25, -0.2) is 17.6 Å².